The number of nitrogens with zero attached hydrogens (tertiary/aromatic N) is 1. The maximum absolute atomic E-state index is 15.1. The summed E-state index contributed by atoms with van der Waals surface area (Å²) in [5, 5.41) is 10.9. The molecule has 7 nitrogen and oxygen atoms in total. The quantitative estimate of drug-likeness (QED) is 0.212. The van der Waals surface area contributed by atoms with Gasteiger partial charge in [-0.3, -0.25) is 24.1 Å². The van der Waals surface area contributed by atoms with E-state index in [9.17, 15) is 19.5 Å². The minimum absolute atomic E-state index is 0.109. The fourth-order valence-corrected chi connectivity index (χ4v) is 9.66. The summed E-state index contributed by atoms with van der Waals surface area (Å²) in [6.07, 6.45) is 4.77. The second kappa shape index (κ2) is 12.0. The van der Waals surface area contributed by atoms with Crippen LogP contribution in [-0.4, -0.2) is 47.0 Å². The summed E-state index contributed by atoms with van der Waals surface area (Å²) in [6, 6.07) is 20.3. The number of rotatable bonds is 6. The van der Waals surface area contributed by atoms with Gasteiger partial charge in [-0.15, -0.1) is 0 Å². The molecule has 1 aliphatic heterocycles. The van der Waals surface area contributed by atoms with Gasteiger partial charge in [-0.1, -0.05) is 79.2 Å². The van der Waals surface area contributed by atoms with Gasteiger partial charge in [-0.2, -0.15) is 0 Å². The van der Waals surface area contributed by atoms with E-state index in [1.165, 1.54) is 18.1 Å². The summed E-state index contributed by atoms with van der Waals surface area (Å²) < 4.78 is 6.46. The number of carbonyl (C=O) groups is 4. The normalized spacial score (nSPS) is 28.3. The van der Waals surface area contributed by atoms with Crippen molar-refractivity contribution in [2.45, 2.75) is 37.5 Å². The van der Waals surface area contributed by atoms with Crippen LogP contribution in [0.2, 0.25) is 0 Å². The Kier molecular flexibility index (Phi) is 8.12. The number of imide groups is 1. The molecule has 6 atom stereocenters. The Morgan fingerprint density at radius 3 is 2.28 bits per heavy atom. The van der Waals surface area contributed by atoms with E-state index in [0.29, 0.717) is 50.6 Å². The number of phenolic OH excluding ortho intramolecular Hbond substituents is 1. The topological polar surface area (TPSA) is 101 Å². The van der Waals surface area contributed by atoms with Crippen LogP contribution < -0.4 is 4.74 Å². The van der Waals surface area contributed by atoms with Crippen LogP contribution >= 0.6 is 31.9 Å². The Bertz CT molecular complexity index is 1890. The van der Waals surface area contributed by atoms with Crippen molar-refractivity contribution in [2.24, 2.45) is 23.7 Å². The molecular formula is C38H33Br2NO6. The van der Waals surface area contributed by atoms with Crippen LogP contribution in [0.25, 0.3) is 5.57 Å². The molecule has 1 N–H and O–H groups in total. The van der Waals surface area contributed by atoms with Gasteiger partial charge >= 0.3 is 0 Å². The highest BCUT2D eigenvalue weighted by Crippen LogP contribution is 2.65. The van der Waals surface area contributed by atoms with Gasteiger partial charge in [0, 0.05) is 28.4 Å². The molecule has 3 aromatic rings. The van der Waals surface area contributed by atoms with E-state index in [1.54, 1.807) is 6.07 Å². The maximum Gasteiger partial charge on any atom is 0.233 e. The van der Waals surface area contributed by atoms with Crippen LogP contribution in [0.15, 0.2) is 93.4 Å². The average molecular weight is 759 g/mol. The average Bonchev–Trinajstić information content (AvgIpc) is 3.34. The number of amides is 2. The number of likely N-dealkylation sites (tertiary alicyclic amines) is 1. The van der Waals surface area contributed by atoms with Crippen LogP contribution in [0.5, 0.6) is 11.5 Å². The molecule has 9 heteroatoms. The molecule has 3 aliphatic carbocycles. The molecule has 3 aromatic carbocycles. The van der Waals surface area contributed by atoms with Gasteiger partial charge in [-0.05, 0) is 85.9 Å². The predicted molar refractivity (Wildman–Crippen MR) is 184 cm³/mol. The van der Waals surface area contributed by atoms with Crippen molar-refractivity contribution in [3.8, 4) is 11.5 Å². The standard InChI is InChI=1S/C38H33Br2NO6/c1-3-16-41-36(45)23-15-14-22-25(30(23)37(41)46)17-27-34(43)24(20-10-6-4-7-11-20)19-29(42)38(27,21-12-8-5-9-13-21)31(22)26-18-28(47-2)35(44)33(40)32(26)39/h4-14,18-19,23,25,27,30-31,44H,3,15-17H2,1-2H3. The smallest absolute Gasteiger partial charge is 0.233 e. The first-order chi connectivity index (χ1) is 22.7. The van der Waals surface area contributed by atoms with E-state index < -0.39 is 35.0 Å². The molecule has 1 heterocycles. The lowest BCUT2D eigenvalue weighted by atomic mass is 9.44. The number of phenols is 1. The molecule has 240 valence electrons. The van der Waals surface area contributed by atoms with Crippen molar-refractivity contribution in [1.29, 1.82) is 0 Å². The first-order valence-electron chi connectivity index (χ1n) is 15.9. The molecule has 47 heavy (non-hydrogen) atoms. The van der Waals surface area contributed by atoms with Gasteiger partial charge in [0.2, 0.25) is 11.8 Å². The summed E-state index contributed by atoms with van der Waals surface area (Å²) in [4.78, 5) is 59.2. The fraction of sp³-hybridized carbons (Fsp3) is 0.316. The second-order valence-corrected chi connectivity index (χ2v) is 14.3. The number of allylic oxidation sites excluding steroid dienone is 4. The number of fused-ring (bicyclic) bond motifs is 4. The van der Waals surface area contributed by atoms with E-state index in [2.05, 4.69) is 31.9 Å². The molecule has 0 aromatic heterocycles. The third-order valence-corrected chi connectivity index (χ3v) is 12.8. The number of hydrogen-bond acceptors (Lipinski definition) is 6. The zero-order valence-electron chi connectivity index (χ0n) is 25.9. The number of halogens is 2. The van der Waals surface area contributed by atoms with Crippen molar-refractivity contribution in [3.05, 3.63) is 110 Å². The van der Waals surface area contributed by atoms with Gasteiger partial charge < -0.3 is 9.84 Å². The number of benzene rings is 3. The Hall–Kier alpha value is -3.82. The monoisotopic (exact) mass is 757 g/mol. The highest BCUT2D eigenvalue weighted by molar-refractivity contribution is 9.13. The van der Waals surface area contributed by atoms with Gasteiger partial charge in [0.15, 0.2) is 23.1 Å². The van der Waals surface area contributed by atoms with E-state index in [0.717, 1.165) is 5.57 Å². The van der Waals surface area contributed by atoms with Crippen LogP contribution in [0.3, 0.4) is 0 Å². The van der Waals surface area contributed by atoms with Crippen molar-refractivity contribution < 1.29 is 29.0 Å². The number of ether oxygens (including phenoxy) is 1. The van der Waals surface area contributed by atoms with Gasteiger partial charge in [0.25, 0.3) is 0 Å². The van der Waals surface area contributed by atoms with Gasteiger partial charge in [0.1, 0.15) is 0 Å². The summed E-state index contributed by atoms with van der Waals surface area (Å²) in [6.45, 7) is 2.29. The van der Waals surface area contributed by atoms with Crippen LogP contribution in [0.4, 0.5) is 0 Å². The van der Waals surface area contributed by atoms with Crippen molar-refractivity contribution in [1.82, 2.24) is 4.90 Å². The fourth-order valence-electron chi connectivity index (χ4n) is 8.71. The predicted octanol–water partition coefficient (Wildman–Crippen LogP) is 7.16. The van der Waals surface area contributed by atoms with Crippen LogP contribution in [0, 0.1) is 23.7 Å². The SMILES string of the molecule is CCCN1C(=O)C2CC=C3C(CC4C(=O)C(c5ccccc5)=CC(=O)C4(c4ccccc4)C3c3cc(OC)c(O)c(Br)c3Br)C2C1=O. The maximum atomic E-state index is 15.1. The van der Waals surface area contributed by atoms with Crippen molar-refractivity contribution in [2.75, 3.05) is 13.7 Å². The molecule has 0 radical (unpaired) electrons. The molecule has 6 unspecified atom stereocenters. The van der Waals surface area contributed by atoms with E-state index in [-0.39, 0.29) is 41.3 Å². The van der Waals surface area contributed by atoms with Crippen molar-refractivity contribution in [3.63, 3.8) is 0 Å². The number of aromatic hydroxyl groups is 1. The number of hydrogen-bond donors (Lipinski definition) is 1. The number of methoxy groups -OCH3 is 1. The lowest BCUT2D eigenvalue weighted by molar-refractivity contribution is -0.140. The second-order valence-electron chi connectivity index (χ2n) is 12.8. The van der Waals surface area contributed by atoms with Crippen LogP contribution in [-0.2, 0) is 24.6 Å². The number of carbonyl (C=O) groups excluding carboxylic acids is 4. The highest BCUT2D eigenvalue weighted by Gasteiger charge is 2.66. The minimum Gasteiger partial charge on any atom is -0.503 e. The Labute approximate surface area is 289 Å². The molecule has 0 bridgehead atoms. The zero-order chi connectivity index (χ0) is 33.2. The summed E-state index contributed by atoms with van der Waals surface area (Å²) in [7, 11) is 1.46. The van der Waals surface area contributed by atoms with E-state index in [1.807, 2.05) is 73.7 Å². The third kappa shape index (κ3) is 4.56. The van der Waals surface area contributed by atoms with E-state index in [4.69, 9.17) is 4.74 Å². The Morgan fingerprint density at radius 2 is 1.62 bits per heavy atom. The van der Waals surface area contributed by atoms with Gasteiger partial charge in [0.05, 0.1) is 28.8 Å². The lowest BCUT2D eigenvalue weighted by Crippen LogP contribution is -2.59. The number of Topliss-reactive ketones (excluding diaryl/α,β-unsaturated/α-hetero) is 1. The number of ketones is 2. The molecule has 1 saturated heterocycles. The summed E-state index contributed by atoms with van der Waals surface area (Å²) in [5.74, 6) is -3.87. The minimum atomic E-state index is -1.38. The largest absolute Gasteiger partial charge is 0.503 e. The van der Waals surface area contributed by atoms with Crippen LogP contribution in [0.1, 0.15) is 48.8 Å². The molecule has 2 fully saturated rings. The first kappa shape index (κ1) is 31.8. The first-order valence-corrected chi connectivity index (χ1v) is 17.5. The molecule has 2 amide bonds. The molecular weight excluding hydrogens is 726 g/mol. The third-order valence-electron chi connectivity index (χ3n) is 10.6. The molecule has 0 spiro atoms. The molecule has 4 aliphatic rings. The molecule has 7 rings (SSSR count). The summed E-state index contributed by atoms with van der Waals surface area (Å²) in [5.41, 5.74) is 1.79. The zero-order valence-corrected chi connectivity index (χ0v) is 29.1. The van der Waals surface area contributed by atoms with E-state index >= 15 is 4.79 Å². The Morgan fingerprint density at radius 1 is 0.936 bits per heavy atom. The highest BCUT2D eigenvalue weighted by atomic mass is 79.9. The Balaban J connectivity index is 1.55. The molecule has 1 saturated carbocycles. The lowest BCUT2D eigenvalue weighted by Gasteiger charge is -2.55. The summed E-state index contributed by atoms with van der Waals surface area (Å²) >= 11 is 7.25. The van der Waals surface area contributed by atoms with Crippen molar-refractivity contribution >= 4 is 60.8 Å². The van der Waals surface area contributed by atoms with Gasteiger partial charge in [-0.25, -0.2) is 0 Å².